The van der Waals surface area contributed by atoms with Gasteiger partial charge in [0.2, 0.25) is 0 Å². The first kappa shape index (κ1) is 13.7. The van der Waals surface area contributed by atoms with Gasteiger partial charge in [0.1, 0.15) is 0 Å². The molecule has 1 N–H and O–H groups in total. The van der Waals surface area contributed by atoms with Crippen LogP contribution in [0.3, 0.4) is 0 Å². The summed E-state index contributed by atoms with van der Waals surface area (Å²) in [5, 5.41) is 3.46. The van der Waals surface area contributed by atoms with Gasteiger partial charge in [0, 0.05) is 9.79 Å². The van der Waals surface area contributed by atoms with Crippen molar-refractivity contribution in [3.63, 3.8) is 0 Å². The normalized spacial score (nSPS) is 16.2. The molecule has 0 amide bonds. The molecule has 1 fully saturated rings. The summed E-state index contributed by atoms with van der Waals surface area (Å²) >= 11 is 1.91. The lowest BCUT2D eigenvalue weighted by molar-refractivity contribution is 0.456. The van der Waals surface area contributed by atoms with E-state index >= 15 is 0 Å². The van der Waals surface area contributed by atoms with Crippen molar-refractivity contribution in [3.05, 3.63) is 59.7 Å². The van der Waals surface area contributed by atoms with Crippen LogP contribution < -0.4 is 5.32 Å². The first-order chi connectivity index (χ1) is 9.84. The third-order valence-corrected chi connectivity index (χ3v) is 5.28. The molecule has 104 valence electrons. The fourth-order valence-electron chi connectivity index (χ4n) is 2.83. The Balaban J connectivity index is 1.88. The summed E-state index contributed by atoms with van der Waals surface area (Å²) in [6.45, 7) is 4.48. The molecule has 1 heterocycles. The maximum atomic E-state index is 3.46. The van der Waals surface area contributed by atoms with Crippen LogP contribution in [0.4, 0.5) is 0 Å². The maximum Gasteiger partial charge on any atom is 0.0157 e. The molecule has 1 saturated heterocycles. The maximum absolute atomic E-state index is 3.46. The topological polar surface area (TPSA) is 12.0 Å². The van der Waals surface area contributed by atoms with Crippen LogP contribution in [0.25, 0.3) is 0 Å². The summed E-state index contributed by atoms with van der Waals surface area (Å²) in [4.78, 5) is 2.79. The van der Waals surface area contributed by atoms with Gasteiger partial charge in [-0.15, -0.1) is 0 Å². The molecule has 0 aromatic heterocycles. The van der Waals surface area contributed by atoms with Crippen LogP contribution in [0.1, 0.15) is 29.9 Å². The summed E-state index contributed by atoms with van der Waals surface area (Å²) in [5.41, 5.74) is 2.89. The van der Waals surface area contributed by atoms with Crippen LogP contribution in [0, 0.1) is 6.92 Å². The van der Waals surface area contributed by atoms with E-state index in [9.17, 15) is 0 Å². The minimum atomic E-state index is 0.712. The minimum absolute atomic E-state index is 0.712. The molecule has 20 heavy (non-hydrogen) atoms. The van der Waals surface area contributed by atoms with Crippen LogP contribution in [0.5, 0.6) is 0 Å². The van der Waals surface area contributed by atoms with E-state index in [2.05, 4.69) is 60.8 Å². The largest absolute Gasteiger partial charge is 0.317 e. The highest BCUT2D eigenvalue weighted by atomic mass is 32.2. The molecule has 3 rings (SSSR count). The molecule has 0 atom stereocenters. The highest BCUT2D eigenvalue weighted by Gasteiger charge is 2.18. The highest BCUT2D eigenvalue weighted by Crippen LogP contribution is 2.37. The zero-order valence-corrected chi connectivity index (χ0v) is 12.7. The van der Waals surface area contributed by atoms with Crippen molar-refractivity contribution >= 4 is 11.8 Å². The van der Waals surface area contributed by atoms with Gasteiger partial charge in [0.05, 0.1) is 0 Å². The molecule has 1 nitrogen and oxygen atoms in total. The number of hydrogen-bond acceptors (Lipinski definition) is 2. The Morgan fingerprint density at radius 1 is 0.900 bits per heavy atom. The second kappa shape index (κ2) is 6.47. The number of hydrogen-bond donors (Lipinski definition) is 1. The Morgan fingerprint density at radius 2 is 1.55 bits per heavy atom. The van der Waals surface area contributed by atoms with Crippen LogP contribution in [-0.4, -0.2) is 13.1 Å². The number of nitrogens with one attached hydrogen (secondary N) is 1. The predicted molar refractivity (Wildman–Crippen MR) is 86.6 cm³/mol. The van der Waals surface area contributed by atoms with E-state index in [4.69, 9.17) is 0 Å². The van der Waals surface area contributed by atoms with E-state index in [1.54, 1.807) is 0 Å². The number of benzene rings is 2. The highest BCUT2D eigenvalue weighted by molar-refractivity contribution is 7.99. The van der Waals surface area contributed by atoms with Gasteiger partial charge in [-0.1, -0.05) is 48.2 Å². The van der Waals surface area contributed by atoms with Crippen LogP contribution >= 0.6 is 11.8 Å². The average Bonchev–Trinajstić information content (AvgIpc) is 2.51. The van der Waals surface area contributed by atoms with Gasteiger partial charge in [0.25, 0.3) is 0 Å². The van der Waals surface area contributed by atoms with Crippen molar-refractivity contribution < 1.29 is 0 Å². The second-order valence-electron chi connectivity index (χ2n) is 5.43. The molecular weight excluding hydrogens is 262 g/mol. The molecule has 0 spiro atoms. The van der Waals surface area contributed by atoms with E-state index < -0.39 is 0 Å². The summed E-state index contributed by atoms with van der Waals surface area (Å²) in [5.74, 6) is 0.712. The number of rotatable bonds is 3. The van der Waals surface area contributed by atoms with Crippen molar-refractivity contribution in [1.29, 1.82) is 0 Å². The molecule has 2 aromatic carbocycles. The molecule has 0 saturated carbocycles. The third-order valence-electron chi connectivity index (χ3n) is 4.01. The Bertz CT molecular complexity index is 573. The quantitative estimate of drug-likeness (QED) is 0.882. The van der Waals surface area contributed by atoms with Crippen LogP contribution in [-0.2, 0) is 0 Å². The smallest absolute Gasteiger partial charge is 0.0157 e. The Kier molecular flexibility index (Phi) is 4.44. The Morgan fingerprint density at radius 3 is 2.30 bits per heavy atom. The molecule has 1 aliphatic heterocycles. The summed E-state index contributed by atoms with van der Waals surface area (Å²) < 4.78 is 0. The molecule has 0 aliphatic carbocycles. The van der Waals surface area contributed by atoms with E-state index in [1.165, 1.54) is 33.8 Å². The fraction of sp³-hybridized carbons (Fsp3) is 0.333. The zero-order chi connectivity index (χ0) is 13.8. The molecule has 2 aromatic rings. The summed E-state index contributed by atoms with van der Waals surface area (Å²) in [6.07, 6.45) is 2.51. The van der Waals surface area contributed by atoms with Gasteiger partial charge >= 0.3 is 0 Å². The van der Waals surface area contributed by atoms with E-state index in [1.807, 2.05) is 11.8 Å². The van der Waals surface area contributed by atoms with E-state index in [0.717, 1.165) is 13.1 Å². The first-order valence-electron chi connectivity index (χ1n) is 7.38. The van der Waals surface area contributed by atoms with Crippen LogP contribution in [0.15, 0.2) is 58.3 Å². The van der Waals surface area contributed by atoms with E-state index in [-0.39, 0.29) is 0 Å². The zero-order valence-electron chi connectivity index (χ0n) is 11.9. The standard InChI is InChI=1S/C18H21NS/c1-14-6-2-4-8-17(14)20-18-9-5-3-7-16(18)15-10-12-19-13-11-15/h2-9,15,19H,10-13H2,1H3. The second-order valence-corrected chi connectivity index (χ2v) is 6.51. The van der Waals surface area contributed by atoms with Crippen molar-refractivity contribution in [2.75, 3.05) is 13.1 Å². The summed E-state index contributed by atoms with van der Waals surface area (Å²) in [6, 6.07) is 17.6. The van der Waals surface area contributed by atoms with Crippen molar-refractivity contribution in [3.8, 4) is 0 Å². The number of aryl methyl sites for hydroxylation is 1. The van der Waals surface area contributed by atoms with E-state index in [0.29, 0.717) is 5.92 Å². The Labute approximate surface area is 125 Å². The molecular formula is C18H21NS. The third kappa shape index (κ3) is 3.08. The monoisotopic (exact) mass is 283 g/mol. The van der Waals surface area contributed by atoms with Gasteiger partial charge in [-0.25, -0.2) is 0 Å². The molecule has 0 unspecified atom stereocenters. The lowest BCUT2D eigenvalue weighted by atomic mass is 9.90. The first-order valence-corrected chi connectivity index (χ1v) is 8.19. The number of piperidine rings is 1. The molecule has 0 radical (unpaired) electrons. The molecule has 2 heteroatoms. The molecule has 0 bridgehead atoms. The Hall–Kier alpha value is -1.25. The van der Waals surface area contributed by atoms with Crippen molar-refractivity contribution in [2.45, 2.75) is 35.5 Å². The van der Waals surface area contributed by atoms with Gasteiger partial charge < -0.3 is 5.32 Å². The van der Waals surface area contributed by atoms with Gasteiger partial charge in [-0.05, 0) is 62.0 Å². The average molecular weight is 283 g/mol. The lowest BCUT2D eigenvalue weighted by Crippen LogP contribution is -2.26. The van der Waals surface area contributed by atoms with Crippen molar-refractivity contribution in [1.82, 2.24) is 5.32 Å². The fourth-order valence-corrected chi connectivity index (χ4v) is 3.94. The lowest BCUT2D eigenvalue weighted by Gasteiger charge is -2.25. The SMILES string of the molecule is Cc1ccccc1Sc1ccccc1C1CCNCC1. The summed E-state index contributed by atoms with van der Waals surface area (Å²) in [7, 11) is 0. The van der Waals surface area contributed by atoms with Gasteiger partial charge in [0.15, 0.2) is 0 Å². The van der Waals surface area contributed by atoms with Gasteiger partial charge in [-0.3, -0.25) is 0 Å². The minimum Gasteiger partial charge on any atom is -0.317 e. The van der Waals surface area contributed by atoms with Gasteiger partial charge in [-0.2, -0.15) is 0 Å². The predicted octanol–water partition coefficient (Wildman–Crippen LogP) is 4.61. The van der Waals surface area contributed by atoms with Crippen molar-refractivity contribution in [2.24, 2.45) is 0 Å². The molecule has 1 aliphatic rings. The van der Waals surface area contributed by atoms with Crippen LogP contribution in [0.2, 0.25) is 0 Å².